The van der Waals surface area contributed by atoms with Gasteiger partial charge in [0.1, 0.15) is 19.6 Å². The quantitative estimate of drug-likeness (QED) is 0.498. The van der Waals surface area contributed by atoms with Crippen molar-refractivity contribution in [3.05, 3.63) is 47.0 Å². The Labute approximate surface area is 177 Å². The van der Waals surface area contributed by atoms with Crippen molar-refractivity contribution in [1.82, 2.24) is 5.32 Å². The van der Waals surface area contributed by atoms with Crippen molar-refractivity contribution in [1.29, 1.82) is 0 Å². The molecule has 3 rings (SSSR count). The number of aryl methyl sites for hydroxylation is 1. The number of benzene rings is 2. The molecule has 1 aliphatic rings. The zero-order valence-electron chi connectivity index (χ0n) is 17.1. The van der Waals surface area contributed by atoms with Crippen LogP contribution in [0.5, 0.6) is 11.5 Å². The molecule has 166 valence electrons. The van der Waals surface area contributed by atoms with Crippen molar-refractivity contribution < 1.29 is 37.0 Å². The maximum absolute atomic E-state index is 12.2. The molecule has 0 spiro atoms. The molecule has 0 fully saturated rings. The summed E-state index contributed by atoms with van der Waals surface area (Å²) in [5.41, 5.74) is 3.83. The highest BCUT2D eigenvalue weighted by molar-refractivity contribution is 5.99. The van der Waals surface area contributed by atoms with Gasteiger partial charge in [0.25, 0.3) is 5.91 Å². The molecule has 1 N–H and O–H groups in total. The number of carbonyl (C=O) groups is 2. The van der Waals surface area contributed by atoms with E-state index in [9.17, 15) is 22.8 Å². The minimum atomic E-state index is -4.62. The second-order valence-corrected chi connectivity index (χ2v) is 6.90. The molecule has 2 aromatic carbocycles. The first-order valence-electron chi connectivity index (χ1n) is 9.70. The summed E-state index contributed by atoms with van der Waals surface area (Å²) in [4.78, 5) is 23.1. The van der Waals surface area contributed by atoms with Crippen molar-refractivity contribution in [2.24, 2.45) is 0 Å². The molecule has 6 nitrogen and oxygen atoms in total. The summed E-state index contributed by atoms with van der Waals surface area (Å²) < 4.78 is 52.7. The van der Waals surface area contributed by atoms with Crippen LogP contribution < -0.4 is 14.8 Å². The van der Waals surface area contributed by atoms with Crippen molar-refractivity contribution in [3.63, 3.8) is 0 Å². The first-order valence-corrected chi connectivity index (χ1v) is 9.70. The third-order valence-corrected chi connectivity index (χ3v) is 4.82. The number of halogens is 3. The van der Waals surface area contributed by atoms with E-state index in [-0.39, 0.29) is 19.1 Å². The Balaban J connectivity index is 1.83. The van der Waals surface area contributed by atoms with E-state index in [1.54, 1.807) is 12.1 Å². The number of hydrogen-bond acceptors (Lipinski definition) is 5. The monoisotopic (exact) mass is 437 g/mol. The van der Waals surface area contributed by atoms with Gasteiger partial charge in [0.15, 0.2) is 11.5 Å². The van der Waals surface area contributed by atoms with Crippen LogP contribution >= 0.6 is 0 Å². The van der Waals surface area contributed by atoms with E-state index in [4.69, 9.17) is 9.47 Å². The Morgan fingerprint density at radius 2 is 1.84 bits per heavy atom. The second kappa shape index (κ2) is 9.28. The fraction of sp³-hybridized carbons (Fsp3) is 0.364. The lowest BCUT2D eigenvalue weighted by atomic mass is 9.97. The maximum atomic E-state index is 12.2. The highest BCUT2D eigenvalue weighted by Gasteiger charge is 2.32. The lowest BCUT2D eigenvalue weighted by Crippen LogP contribution is -2.19. The molecule has 9 heteroatoms. The number of ether oxygens (including phenoxy) is 3. The van der Waals surface area contributed by atoms with Crippen LogP contribution in [0, 0.1) is 0 Å². The Hall–Kier alpha value is -3.23. The molecule has 1 amide bonds. The number of esters is 1. The summed E-state index contributed by atoms with van der Waals surface area (Å²) in [5.74, 6) is -0.596. The number of carbonyl (C=O) groups excluding carboxylic acids is 2. The standard InChI is InChI=1S/C22H22F3NO5/c1-3-13-4-6-16(14-5-7-17-15(10-14)12-26-21(17)28)20(19(13)29-2)31-9-8-30-18(27)11-22(23,24)25/h4-7,10H,3,8-9,11-12H2,1-2H3,(H,26,28). The topological polar surface area (TPSA) is 73.9 Å². The van der Waals surface area contributed by atoms with Crippen LogP contribution in [0.1, 0.15) is 34.8 Å². The van der Waals surface area contributed by atoms with E-state index in [2.05, 4.69) is 10.1 Å². The third-order valence-electron chi connectivity index (χ3n) is 4.82. The van der Waals surface area contributed by atoms with Crippen molar-refractivity contribution in [2.75, 3.05) is 20.3 Å². The van der Waals surface area contributed by atoms with Gasteiger partial charge in [-0.2, -0.15) is 13.2 Å². The van der Waals surface area contributed by atoms with Gasteiger partial charge in [0.2, 0.25) is 0 Å². The van der Waals surface area contributed by atoms with Crippen LogP contribution in [0.25, 0.3) is 11.1 Å². The van der Waals surface area contributed by atoms with Gasteiger partial charge in [-0.05, 0) is 35.2 Å². The molecule has 31 heavy (non-hydrogen) atoms. The third kappa shape index (κ3) is 5.28. The van der Waals surface area contributed by atoms with Gasteiger partial charge in [-0.1, -0.05) is 25.1 Å². The fourth-order valence-electron chi connectivity index (χ4n) is 3.39. The van der Waals surface area contributed by atoms with Gasteiger partial charge in [-0.15, -0.1) is 0 Å². The van der Waals surface area contributed by atoms with Crippen molar-refractivity contribution in [3.8, 4) is 22.6 Å². The molecular weight excluding hydrogens is 415 g/mol. The van der Waals surface area contributed by atoms with E-state index >= 15 is 0 Å². The minimum absolute atomic E-state index is 0.127. The first kappa shape index (κ1) is 22.5. The van der Waals surface area contributed by atoms with Gasteiger partial charge in [-0.25, -0.2) is 0 Å². The molecular formula is C22H22F3NO5. The summed E-state index contributed by atoms with van der Waals surface area (Å²) in [6.45, 7) is 1.89. The van der Waals surface area contributed by atoms with Crippen LogP contribution in [-0.4, -0.2) is 38.4 Å². The number of methoxy groups -OCH3 is 1. The fourth-order valence-corrected chi connectivity index (χ4v) is 3.39. The Kier molecular flexibility index (Phi) is 6.72. The van der Waals surface area contributed by atoms with Gasteiger partial charge in [0.05, 0.1) is 7.11 Å². The molecule has 1 aliphatic heterocycles. The van der Waals surface area contributed by atoms with E-state index in [1.165, 1.54) is 7.11 Å². The molecule has 0 bridgehead atoms. The number of amides is 1. The number of nitrogens with one attached hydrogen (secondary N) is 1. The van der Waals surface area contributed by atoms with E-state index in [0.717, 1.165) is 16.7 Å². The van der Waals surface area contributed by atoms with Crippen LogP contribution in [0.2, 0.25) is 0 Å². The summed E-state index contributed by atoms with van der Waals surface area (Å²) in [6.07, 6.45) is -5.59. The predicted molar refractivity (Wildman–Crippen MR) is 106 cm³/mol. The Bertz CT molecular complexity index is 988. The highest BCUT2D eigenvalue weighted by atomic mass is 19.4. The molecule has 0 unspecified atom stereocenters. The molecule has 2 aromatic rings. The van der Waals surface area contributed by atoms with Crippen molar-refractivity contribution in [2.45, 2.75) is 32.5 Å². The minimum Gasteiger partial charge on any atom is -0.493 e. The average Bonchev–Trinajstić information content (AvgIpc) is 3.09. The van der Waals surface area contributed by atoms with Crippen LogP contribution in [-0.2, 0) is 22.5 Å². The number of fused-ring (bicyclic) bond motifs is 1. The maximum Gasteiger partial charge on any atom is 0.399 e. The Morgan fingerprint density at radius 1 is 1.10 bits per heavy atom. The molecule has 0 aliphatic carbocycles. The SMILES string of the molecule is CCc1ccc(-c2ccc3c(c2)CNC3=O)c(OCCOC(=O)CC(F)(F)F)c1OC. The number of hydrogen-bond donors (Lipinski definition) is 1. The van der Waals surface area contributed by atoms with Gasteiger partial charge in [-0.3, -0.25) is 9.59 Å². The molecule has 0 atom stereocenters. The summed E-state index contributed by atoms with van der Waals surface area (Å²) in [7, 11) is 1.50. The normalized spacial score (nSPS) is 12.9. The van der Waals surface area contributed by atoms with Crippen LogP contribution in [0.4, 0.5) is 13.2 Å². The zero-order chi connectivity index (χ0) is 22.6. The smallest absolute Gasteiger partial charge is 0.399 e. The molecule has 1 heterocycles. The average molecular weight is 437 g/mol. The molecule has 0 radical (unpaired) electrons. The number of rotatable bonds is 8. The van der Waals surface area contributed by atoms with Crippen molar-refractivity contribution >= 4 is 11.9 Å². The first-order chi connectivity index (χ1) is 14.7. The summed E-state index contributed by atoms with van der Waals surface area (Å²) >= 11 is 0. The van der Waals surface area contributed by atoms with E-state index < -0.39 is 18.6 Å². The lowest BCUT2D eigenvalue weighted by Gasteiger charge is -2.18. The molecule has 0 aromatic heterocycles. The summed E-state index contributed by atoms with van der Waals surface area (Å²) in [6, 6.07) is 9.17. The van der Waals surface area contributed by atoms with Crippen LogP contribution in [0.15, 0.2) is 30.3 Å². The highest BCUT2D eigenvalue weighted by Crippen LogP contribution is 2.41. The van der Waals surface area contributed by atoms with Gasteiger partial charge in [0, 0.05) is 17.7 Å². The second-order valence-electron chi connectivity index (χ2n) is 6.90. The Morgan fingerprint density at radius 3 is 2.52 bits per heavy atom. The largest absolute Gasteiger partial charge is 0.493 e. The predicted octanol–water partition coefficient (Wildman–Crippen LogP) is 4.04. The van der Waals surface area contributed by atoms with E-state index in [1.807, 2.05) is 25.1 Å². The molecule has 0 saturated carbocycles. The zero-order valence-corrected chi connectivity index (χ0v) is 17.1. The van der Waals surface area contributed by atoms with E-state index in [0.29, 0.717) is 35.6 Å². The van der Waals surface area contributed by atoms with Crippen LogP contribution in [0.3, 0.4) is 0 Å². The number of alkyl halides is 3. The lowest BCUT2D eigenvalue weighted by molar-refractivity contribution is -0.171. The van der Waals surface area contributed by atoms with Gasteiger partial charge < -0.3 is 19.5 Å². The van der Waals surface area contributed by atoms with Gasteiger partial charge >= 0.3 is 12.1 Å². The summed E-state index contributed by atoms with van der Waals surface area (Å²) in [5, 5.41) is 2.76. The molecule has 0 saturated heterocycles.